The molecule has 1 fully saturated rings. The maximum Gasteiger partial charge on any atom is 0.227 e. The van der Waals surface area contributed by atoms with E-state index in [1.165, 1.54) is 0 Å². The lowest BCUT2D eigenvalue weighted by molar-refractivity contribution is -0.121. The van der Waals surface area contributed by atoms with Gasteiger partial charge in [-0.15, -0.1) is 0 Å². The quantitative estimate of drug-likeness (QED) is 0.900. The van der Waals surface area contributed by atoms with Crippen molar-refractivity contribution in [1.82, 2.24) is 5.32 Å². The van der Waals surface area contributed by atoms with E-state index in [9.17, 15) is 4.79 Å². The van der Waals surface area contributed by atoms with E-state index in [1.807, 2.05) is 32.0 Å². The van der Waals surface area contributed by atoms with Crippen LogP contribution in [0.5, 0.6) is 0 Å². The molecule has 1 aromatic carbocycles. The number of amides is 1. The molecule has 0 bridgehead atoms. The van der Waals surface area contributed by atoms with Crippen molar-refractivity contribution < 1.29 is 4.79 Å². The summed E-state index contributed by atoms with van der Waals surface area (Å²) in [6, 6.07) is 5.86. The molecule has 0 spiro atoms. The first-order valence-electron chi connectivity index (χ1n) is 5.85. The Kier molecular flexibility index (Phi) is 3.84. The third-order valence-corrected chi connectivity index (χ3v) is 4.25. The highest BCUT2D eigenvalue weighted by atomic mass is 79.9. The predicted molar refractivity (Wildman–Crippen MR) is 73.0 cm³/mol. The Balaban J connectivity index is 1.99. The Hall–Kier alpha value is -0.870. The second kappa shape index (κ2) is 5.19. The van der Waals surface area contributed by atoms with Crippen molar-refractivity contribution in [3.8, 4) is 0 Å². The van der Waals surface area contributed by atoms with Crippen molar-refractivity contribution in [2.75, 3.05) is 18.4 Å². The number of carbonyl (C=O) groups excluding carboxylic acids is 1. The molecular formula is C13H17BrN2O. The lowest BCUT2D eigenvalue weighted by Crippen LogP contribution is -2.48. The lowest BCUT2D eigenvalue weighted by atomic mass is 9.88. The smallest absolute Gasteiger partial charge is 0.227 e. The molecule has 1 heterocycles. The summed E-state index contributed by atoms with van der Waals surface area (Å²) >= 11 is 3.45. The number of carbonyl (C=O) groups is 1. The van der Waals surface area contributed by atoms with Crippen LogP contribution in [0.1, 0.15) is 12.5 Å². The minimum atomic E-state index is 0.0696. The molecular weight excluding hydrogens is 280 g/mol. The summed E-state index contributed by atoms with van der Waals surface area (Å²) in [6.45, 7) is 5.91. The summed E-state index contributed by atoms with van der Waals surface area (Å²) in [5.41, 5.74) is 2.00. The van der Waals surface area contributed by atoms with Crippen LogP contribution in [0.2, 0.25) is 0 Å². The molecule has 1 aromatic rings. The van der Waals surface area contributed by atoms with E-state index >= 15 is 0 Å². The first kappa shape index (κ1) is 12.6. The van der Waals surface area contributed by atoms with Gasteiger partial charge in [-0.25, -0.2) is 0 Å². The Morgan fingerprint density at radius 2 is 2.24 bits per heavy atom. The Morgan fingerprint density at radius 1 is 1.53 bits per heavy atom. The van der Waals surface area contributed by atoms with E-state index in [0.717, 1.165) is 28.8 Å². The minimum absolute atomic E-state index is 0.0696. The highest BCUT2D eigenvalue weighted by Gasteiger charge is 2.28. The van der Waals surface area contributed by atoms with E-state index in [1.54, 1.807) is 0 Å². The highest BCUT2D eigenvalue weighted by Crippen LogP contribution is 2.22. The molecule has 1 amide bonds. The molecule has 1 unspecified atom stereocenters. The van der Waals surface area contributed by atoms with Crippen molar-refractivity contribution in [1.29, 1.82) is 0 Å². The fourth-order valence-electron chi connectivity index (χ4n) is 1.86. The van der Waals surface area contributed by atoms with E-state index in [-0.39, 0.29) is 11.8 Å². The third-order valence-electron chi connectivity index (χ3n) is 3.36. The largest absolute Gasteiger partial charge is 0.326 e. The van der Waals surface area contributed by atoms with Crippen LogP contribution < -0.4 is 10.6 Å². The molecule has 4 heteroatoms. The van der Waals surface area contributed by atoms with Crippen LogP contribution in [-0.2, 0) is 4.79 Å². The molecule has 1 atom stereocenters. The van der Waals surface area contributed by atoms with Gasteiger partial charge < -0.3 is 10.6 Å². The maximum absolute atomic E-state index is 12.0. The number of rotatable bonds is 3. The molecule has 1 aliphatic rings. The van der Waals surface area contributed by atoms with Crippen LogP contribution >= 0.6 is 15.9 Å². The van der Waals surface area contributed by atoms with Crippen LogP contribution in [0, 0.1) is 18.8 Å². The maximum atomic E-state index is 12.0. The zero-order valence-electron chi connectivity index (χ0n) is 10.1. The summed E-state index contributed by atoms with van der Waals surface area (Å²) in [4.78, 5) is 12.0. The fraction of sp³-hybridized carbons (Fsp3) is 0.462. The van der Waals surface area contributed by atoms with Gasteiger partial charge >= 0.3 is 0 Å². The average Bonchev–Trinajstić information content (AvgIpc) is 2.21. The molecule has 0 aromatic heterocycles. The topological polar surface area (TPSA) is 41.1 Å². The number of benzene rings is 1. The zero-order chi connectivity index (χ0) is 12.4. The first-order valence-corrected chi connectivity index (χ1v) is 6.65. The molecule has 2 N–H and O–H groups in total. The Morgan fingerprint density at radius 3 is 2.76 bits per heavy atom. The molecule has 0 aliphatic carbocycles. The van der Waals surface area contributed by atoms with Crippen LogP contribution in [0.25, 0.3) is 0 Å². The summed E-state index contributed by atoms with van der Waals surface area (Å²) < 4.78 is 1.06. The van der Waals surface area contributed by atoms with Crippen LogP contribution in [-0.4, -0.2) is 19.0 Å². The van der Waals surface area contributed by atoms with Gasteiger partial charge in [0.1, 0.15) is 0 Å². The summed E-state index contributed by atoms with van der Waals surface area (Å²) in [5.74, 6) is 0.657. The van der Waals surface area contributed by atoms with Crippen molar-refractivity contribution in [3.05, 3.63) is 28.2 Å². The predicted octanol–water partition coefficient (Wildman–Crippen LogP) is 2.55. The third kappa shape index (κ3) is 2.87. The van der Waals surface area contributed by atoms with Crippen LogP contribution in [0.3, 0.4) is 0 Å². The normalized spacial score (nSPS) is 17.4. The number of anilines is 1. The zero-order valence-corrected chi connectivity index (χ0v) is 11.7. The molecule has 3 nitrogen and oxygen atoms in total. The second-order valence-corrected chi connectivity index (χ2v) is 5.51. The molecule has 1 aliphatic heterocycles. The number of halogens is 1. The number of aryl methyl sites for hydroxylation is 1. The van der Waals surface area contributed by atoms with Gasteiger partial charge in [0.05, 0.1) is 0 Å². The molecule has 92 valence electrons. The minimum Gasteiger partial charge on any atom is -0.326 e. The van der Waals surface area contributed by atoms with Crippen molar-refractivity contribution >= 4 is 27.5 Å². The molecule has 0 saturated carbocycles. The van der Waals surface area contributed by atoms with Gasteiger partial charge in [-0.1, -0.05) is 22.9 Å². The number of hydrogen-bond donors (Lipinski definition) is 2. The molecule has 17 heavy (non-hydrogen) atoms. The lowest BCUT2D eigenvalue weighted by Gasteiger charge is -2.31. The highest BCUT2D eigenvalue weighted by molar-refractivity contribution is 9.10. The van der Waals surface area contributed by atoms with Gasteiger partial charge in [-0.3, -0.25) is 4.79 Å². The van der Waals surface area contributed by atoms with E-state index in [4.69, 9.17) is 0 Å². The average molecular weight is 297 g/mol. The van der Waals surface area contributed by atoms with Gasteiger partial charge in [-0.05, 0) is 49.7 Å². The van der Waals surface area contributed by atoms with Crippen LogP contribution in [0.4, 0.5) is 5.69 Å². The monoisotopic (exact) mass is 296 g/mol. The second-order valence-electron chi connectivity index (χ2n) is 4.66. The van der Waals surface area contributed by atoms with Gasteiger partial charge in [0, 0.05) is 16.1 Å². The van der Waals surface area contributed by atoms with Crippen molar-refractivity contribution in [3.63, 3.8) is 0 Å². The van der Waals surface area contributed by atoms with E-state index in [2.05, 4.69) is 26.6 Å². The van der Waals surface area contributed by atoms with Crippen molar-refractivity contribution in [2.24, 2.45) is 11.8 Å². The summed E-state index contributed by atoms with van der Waals surface area (Å²) in [5, 5.41) is 6.16. The first-order chi connectivity index (χ1) is 8.08. The van der Waals surface area contributed by atoms with Gasteiger partial charge in [0.25, 0.3) is 0 Å². The Labute approximate surface area is 110 Å². The van der Waals surface area contributed by atoms with Gasteiger partial charge in [0.15, 0.2) is 0 Å². The molecule has 0 radical (unpaired) electrons. The summed E-state index contributed by atoms with van der Waals surface area (Å²) in [6.07, 6.45) is 0. The van der Waals surface area contributed by atoms with E-state index < -0.39 is 0 Å². The fourth-order valence-corrected chi connectivity index (χ4v) is 2.10. The number of hydrogen-bond acceptors (Lipinski definition) is 2. The Bertz CT molecular complexity index is 429. The molecule has 2 rings (SSSR count). The van der Waals surface area contributed by atoms with Crippen molar-refractivity contribution in [2.45, 2.75) is 13.8 Å². The van der Waals surface area contributed by atoms with Crippen LogP contribution in [0.15, 0.2) is 22.7 Å². The van der Waals surface area contributed by atoms with Gasteiger partial charge in [-0.2, -0.15) is 0 Å². The van der Waals surface area contributed by atoms with E-state index in [0.29, 0.717) is 5.92 Å². The van der Waals surface area contributed by atoms with Gasteiger partial charge in [0.2, 0.25) is 5.91 Å². The summed E-state index contributed by atoms with van der Waals surface area (Å²) in [7, 11) is 0. The number of nitrogens with one attached hydrogen (secondary N) is 2. The SMILES string of the molecule is Cc1cc(NC(=O)C(C)C2CNC2)ccc1Br. The molecule has 1 saturated heterocycles. The standard InChI is InChI=1S/C13H17BrN2O/c1-8-5-11(3-4-12(8)14)16-13(17)9(2)10-6-15-7-10/h3-5,9-10,15H,6-7H2,1-2H3,(H,16,17).